The molecule has 0 aliphatic rings. The molecule has 1 atom stereocenters. The molecular weight excluding hydrogens is 329 g/mol. The maximum atomic E-state index is 13.6. The lowest BCUT2D eigenvalue weighted by Crippen LogP contribution is -2.38. The van der Waals surface area contributed by atoms with Gasteiger partial charge in [-0.05, 0) is 30.5 Å². The third kappa shape index (κ3) is 3.63. The molecule has 1 aromatic carbocycles. The van der Waals surface area contributed by atoms with Crippen molar-refractivity contribution in [3.8, 4) is 0 Å². The Morgan fingerprint density at radius 3 is 2.96 bits per heavy atom. The monoisotopic (exact) mass is 347 g/mol. The lowest BCUT2D eigenvalue weighted by atomic mass is 10.1. The van der Waals surface area contributed by atoms with E-state index in [1.807, 2.05) is 17.5 Å². The van der Waals surface area contributed by atoms with Crippen molar-refractivity contribution in [3.63, 3.8) is 0 Å². The number of aromatic amines is 1. The summed E-state index contributed by atoms with van der Waals surface area (Å²) in [6.07, 6.45) is 0.586. The van der Waals surface area contributed by atoms with E-state index in [1.54, 1.807) is 19.1 Å². The van der Waals surface area contributed by atoms with Crippen LogP contribution in [-0.2, 0) is 16.8 Å². The van der Waals surface area contributed by atoms with Crippen molar-refractivity contribution in [1.29, 1.82) is 0 Å². The van der Waals surface area contributed by atoms with E-state index < -0.39 is 5.60 Å². The summed E-state index contributed by atoms with van der Waals surface area (Å²) in [4.78, 5) is 20.0. The van der Waals surface area contributed by atoms with E-state index in [-0.39, 0.29) is 30.2 Å². The Kier molecular flexibility index (Phi) is 4.64. The molecule has 0 aliphatic carbocycles. The summed E-state index contributed by atoms with van der Waals surface area (Å²) in [5, 5.41) is 15.0. The number of fused-ring (bicyclic) bond motifs is 1. The molecule has 0 saturated carbocycles. The van der Waals surface area contributed by atoms with Gasteiger partial charge in [0, 0.05) is 17.7 Å². The molecule has 3 aromatic rings. The van der Waals surface area contributed by atoms with Crippen LogP contribution < -0.4 is 5.32 Å². The average Bonchev–Trinajstić information content (AvgIpc) is 3.21. The maximum absolute atomic E-state index is 13.6. The molecule has 0 fully saturated rings. The number of imidazole rings is 1. The molecule has 0 spiro atoms. The fourth-order valence-corrected chi connectivity index (χ4v) is 3.22. The van der Waals surface area contributed by atoms with Crippen LogP contribution in [0, 0.1) is 5.82 Å². The van der Waals surface area contributed by atoms with Crippen molar-refractivity contribution in [2.75, 3.05) is 6.54 Å². The lowest BCUT2D eigenvalue weighted by molar-refractivity contribution is -0.122. The van der Waals surface area contributed by atoms with Crippen molar-refractivity contribution >= 4 is 28.3 Å². The highest BCUT2D eigenvalue weighted by atomic mass is 32.1. The van der Waals surface area contributed by atoms with Gasteiger partial charge in [-0.1, -0.05) is 12.1 Å². The molecule has 3 N–H and O–H groups in total. The first-order chi connectivity index (χ1) is 11.5. The molecule has 2 aromatic heterocycles. The number of hydrogen-bond acceptors (Lipinski definition) is 4. The molecule has 1 amide bonds. The Balaban J connectivity index is 1.54. The molecule has 24 heavy (non-hydrogen) atoms. The van der Waals surface area contributed by atoms with Gasteiger partial charge < -0.3 is 15.4 Å². The standard InChI is InChI=1S/C17H18FN3O2S/c1-17(23,13-6-3-9-24-13)10-19-15(22)8-7-14-20-12-5-2-4-11(18)16(12)21-14/h2-6,9,23H,7-8,10H2,1H3,(H,19,22)(H,20,21). The van der Waals surface area contributed by atoms with Gasteiger partial charge in [0.2, 0.25) is 5.91 Å². The molecule has 0 bridgehead atoms. The number of thiophene rings is 1. The third-order valence-corrected chi connectivity index (χ3v) is 4.91. The average molecular weight is 347 g/mol. The van der Waals surface area contributed by atoms with Gasteiger partial charge in [-0.25, -0.2) is 9.37 Å². The first kappa shape index (κ1) is 16.6. The molecule has 1 unspecified atom stereocenters. The number of carbonyl (C=O) groups is 1. The first-order valence-electron chi connectivity index (χ1n) is 7.62. The Hall–Kier alpha value is -2.25. The molecule has 126 valence electrons. The van der Waals surface area contributed by atoms with Crippen LogP contribution in [0.4, 0.5) is 4.39 Å². The maximum Gasteiger partial charge on any atom is 0.220 e. The number of halogens is 1. The zero-order chi connectivity index (χ0) is 17.2. The van der Waals surface area contributed by atoms with Crippen LogP contribution in [0.15, 0.2) is 35.7 Å². The topological polar surface area (TPSA) is 78.0 Å². The normalized spacial score (nSPS) is 13.8. The number of carbonyl (C=O) groups excluding carboxylic acids is 1. The number of benzene rings is 1. The summed E-state index contributed by atoms with van der Waals surface area (Å²) >= 11 is 1.44. The van der Waals surface area contributed by atoms with Crippen LogP contribution in [0.1, 0.15) is 24.0 Å². The van der Waals surface area contributed by atoms with Gasteiger partial charge >= 0.3 is 0 Å². The number of H-pyrrole nitrogens is 1. The van der Waals surface area contributed by atoms with Crippen LogP contribution in [0.25, 0.3) is 11.0 Å². The molecular formula is C17H18FN3O2S. The van der Waals surface area contributed by atoms with Crippen LogP contribution >= 0.6 is 11.3 Å². The number of nitrogens with zero attached hydrogens (tertiary/aromatic N) is 1. The van der Waals surface area contributed by atoms with Gasteiger partial charge in [-0.15, -0.1) is 11.3 Å². The van der Waals surface area contributed by atoms with E-state index in [0.717, 1.165) is 4.88 Å². The summed E-state index contributed by atoms with van der Waals surface area (Å²) in [5.74, 6) is -0.00512. The Morgan fingerprint density at radius 2 is 2.25 bits per heavy atom. The number of amides is 1. The second-order valence-corrected chi connectivity index (χ2v) is 6.80. The largest absolute Gasteiger partial charge is 0.383 e. The molecule has 0 saturated heterocycles. The van der Waals surface area contributed by atoms with E-state index in [0.29, 0.717) is 17.8 Å². The van der Waals surface area contributed by atoms with Gasteiger partial charge in [0.25, 0.3) is 0 Å². The summed E-state index contributed by atoms with van der Waals surface area (Å²) in [6.45, 7) is 1.81. The van der Waals surface area contributed by atoms with E-state index in [1.165, 1.54) is 17.4 Å². The fourth-order valence-electron chi connectivity index (χ4n) is 2.43. The zero-order valence-electron chi connectivity index (χ0n) is 13.2. The van der Waals surface area contributed by atoms with Gasteiger partial charge in [0.1, 0.15) is 16.9 Å². The molecule has 5 nitrogen and oxygen atoms in total. The number of rotatable bonds is 6. The number of aliphatic hydroxyl groups is 1. The van der Waals surface area contributed by atoms with Crippen LogP contribution in [0.3, 0.4) is 0 Å². The zero-order valence-corrected chi connectivity index (χ0v) is 14.0. The van der Waals surface area contributed by atoms with Crippen molar-refractivity contribution in [3.05, 3.63) is 52.2 Å². The third-order valence-electron chi connectivity index (χ3n) is 3.78. The highest BCUT2D eigenvalue weighted by Crippen LogP contribution is 2.24. The molecule has 7 heteroatoms. The van der Waals surface area contributed by atoms with Crippen LogP contribution in [0.2, 0.25) is 0 Å². The number of aromatic nitrogens is 2. The summed E-state index contributed by atoms with van der Waals surface area (Å²) < 4.78 is 13.6. The number of para-hydroxylation sites is 1. The van der Waals surface area contributed by atoms with E-state index >= 15 is 0 Å². The van der Waals surface area contributed by atoms with Gasteiger partial charge in [-0.3, -0.25) is 4.79 Å². The molecule has 0 aliphatic heterocycles. The van der Waals surface area contributed by atoms with E-state index in [2.05, 4.69) is 15.3 Å². The number of hydrogen-bond donors (Lipinski definition) is 3. The Morgan fingerprint density at radius 1 is 1.42 bits per heavy atom. The van der Waals surface area contributed by atoms with Crippen LogP contribution in [0.5, 0.6) is 0 Å². The van der Waals surface area contributed by atoms with Crippen LogP contribution in [-0.4, -0.2) is 27.5 Å². The lowest BCUT2D eigenvalue weighted by Gasteiger charge is -2.22. The summed E-state index contributed by atoms with van der Waals surface area (Å²) in [5.41, 5.74) is -0.189. The molecule has 2 heterocycles. The smallest absolute Gasteiger partial charge is 0.220 e. The quantitative estimate of drug-likeness (QED) is 0.641. The molecule has 0 radical (unpaired) electrons. The van der Waals surface area contributed by atoms with Gasteiger partial charge in [-0.2, -0.15) is 0 Å². The minimum absolute atomic E-state index is 0.140. The minimum Gasteiger partial charge on any atom is -0.383 e. The Bertz CT molecular complexity index is 843. The summed E-state index contributed by atoms with van der Waals surface area (Å²) in [7, 11) is 0. The summed E-state index contributed by atoms with van der Waals surface area (Å²) in [6, 6.07) is 8.40. The fraction of sp³-hybridized carbons (Fsp3) is 0.294. The SMILES string of the molecule is CC(O)(CNC(=O)CCc1nc2c(F)cccc2[nH]1)c1cccs1. The van der Waals surface area contributed by atoms with Gasteiger partial charge in [0.05, 0.1) is 12.1 Å². The highest BCUT2D eigenvalue weighted by molar-refractivity contribution is 7.10. The minimum atomic E-state index is -1.09. The van der Waals surface area contributed by atoms with E-state index in [4.69, 9.17) is 0 Å². The van der Waals surface area contributed by atoms with Crippen molar-refractivity contribution in [2.45, 2.75) is 25.4 Å². The Labute approximate surface area is 142 Å². The first-order valence-corrected chi connectivity index (χ1v) is 8.50. The van der Waals surface area contributed by atoms with Crippen molar-refractivity contribution in [1.82, 2.24) is 15.3 Å². The molecule has 3 rings (SSSR count). The predicted molar refractivity (Wildman–Crippen MR) is 91.3 cm³/mol. The second kappa shape index (κ2) is 6.70. The number of nitrogens with one attached hydrogen (secondary N) is 2. The predicted octanol–water partition coefficient (Wildman–Crippen LogP) is 2.72. The van der Waals surface area contributed by atoms with Crippen molar-refractivity contribution < 1.29 is 14.3 Å². The van der Waals surface area contributed by atoms with Gasteiger partial charge in [0.15, 0.2) is 5.82 Å². The number of aryl methyl sites for hydroxylation is 1. The van der Waals surface area contributed by atoms with Crippen molar-refractivity contribution in [2.24, 2.45) is 0 Å². The van der Waals surface area contributed by atoms with E-state index in [9.17, 15) is 14.3 Å². The highest BCUT2D eigenvalue weighted by Gasteiger charge is 2.24. The second-order valence-electron chi connectivity index (χ2n) is 5.85.